The number of nitrogens with one attached hydrogen (secondary N) is 1. The Balaban J connectivity index is 1.56. The molecule has 1 amide bonds. The Bertz CT molecular complexity index is 903. The van der Waals surface area contributed by atoms with Crippen LogP contribution in [0.2, 0.25) is 0 Å². The summed E-state index contributed by atoms with van der Waals surface area (Å²) in [6.07, 6.45) is 8.13. The molecule has 0 aromatic heterocycles. The normalized spacial score (nSPS) is 13.7. The van der Waals surface area contributed by atoms with Crippen molar-refractivity contribution < 1.29 is 18.7 Å². The third-order valence-electron chi connectivity index (χ3n) is 5.12. The standard InChI is InChI=1S/C24H26FNO3/c1-3-12-29-22-11-9-17(15-23(22)28-2)14-21(25)24(27)26-16-18-8-10-19-6-4-5-7-20(19)13-18/h1,8-11,13,15,21H,4-7,12,14,16H2,2H3,(H,26,27). The Labute approximate surface area is 171 Å². The van der Waals surface area contributed by atoms with Crippen LogP contribution in [0, 0.1) is 12.3 Å². The predicted molar refractivity (Wildman–Crippen MR) is 111 cm³/mol. The van der Waals surface area contributed by atoms with Gasteiger partial charge in [0.15, 0.2) is 17.7 Å². The zero-order valence-corrected chi connectivity index (χ0v) is 16.7. The Hall–Kier alpha value is -3.00. The first-order valence-corrected chi connectivity index (χ1v) is 9.86. The average Bonchev–Trinajstić information content (AvgIpc) is 2.76. The average molecular weight is 395 g/mol. The molecule has 0 spiro atoms. The number of aryl methyl sites for hydroxylation is 2. The van der Waals surface area contributed by atoms with Crippen LogP contribution in [0.4, 0.5) is 4.39 Å². The van der Waals surface area contributed by atoms with Gasteiger partial charge in [-0.05, 0) is 60.1 Å². The molecule has 0 radical (unpaired) electrons. The van der Waals surface area contributed by atoms with Gasteiger partial charge in [-0.15, -0.1) is 6.42 Å². The summed E-state index contributed by atoms with van der Waals surface area (Å²) < 4.78 is 25.1. The molecule has 2 aromatic carbocycles. The number of fused-ring (bicyclic) bond motifs is 1. The first-order valence-electron chi connectivity index (χ1n) is 9.86. The van der Waals surface area contributed by atoms with Crippen LogP contribution in [0.15, 0.2) is 36.4 Å². The van der Waals surface area contributed by atoms with Crippen LogP contribution in [0.25, 0.3) is 0 Å². The summed E-state index contributed by atoms with van der Waals surface area (Å²) in [7, 11) is 1.50. The van der Waals surface area contributed by atoms with E-state index in [4.69, 9.17) is 15.9 Å². The molecule has 1 N–H and O–H groups in total. The van der Waals surface area contributed by atoms with Crippen LogP contribution in [-0.4, -0.2) is 25.8 Å². The van der Waals surface area contributed by atoms with Crippen molar-refractivity contribution in [2.45, 2.75) is 44.8 Å². The van der Waals surface area contributed by atoms with Gasteiger partial charge in [0, 0.05) is 13.0 Å². The summed E-state index contributed by atoms with van der Waals surface area (Å²) >= 11 is 0. The molecule has 0 saturated carbocycles. The lowest BCUT2D eigenvalue weighted by molar-refractivity contribution is -0.126. The van der Waals surface area contributed by atoms with Gasteiger partial charge in [0.1, 0.15) is 6.61 Å². The number of benzene rings is 2. The van der Waals surface area contributed by atoms with E-state index in [1.165, 1.54) is 31.1 Å². The van der Waals surface area contributed by atoms with E-state index in [-0.39, 0.29) is 13.0 Å². The number of alkyl halides is 1. The van der Waals surface area contributed by atoms with Crippen molar-refractivity contribution in [3.05, 3.63) is 58.7 Å². The van der Waals surface area contributed by atoms with Crippen LogP contribution >= 0.6 is 0 Å². The first kappa shape index (κ1) is 20.7. The summed E-state index contributed by atoms with van der Waals surface area (Å²) in [5.74, 6) is 2.71. The number of halogens is 1. The second kappa shape index (κ2) is 9.97. The van der Waals surface area contributed by atoms with E-state index in [1.807, 2.05) is 6.07 Å². The van der Waals surface area contributed by atoms with Gasteiger partial charge in [0.2, 0.25) is 0 Å². The maximum atomic E-state index is 14.5. The molecule has 5 heteroatoms. The fourth-order valence-corrected chi connectivity index (χ4v) is 3.57. The van der Waals surface area contributed by atoms with Crippen molar-refractivity contribution in [2.75, 3.05) is 13.7 Å². The molecule has 1 atom stereocenters. The molecule has 152 valence electrons. The molecule has 0 aliphatic heterocycles. The van der Waals surface area contributed by atoms with Crippen LogP contribution in [0.5, 0.6) is 11.5 Å². The third kappa shape index (κ3) is 5.51. The van der Waals surface area contributed by atoms with Crippen molar-refractivity contribution in [1.29, 1.82) is 0 Å². The second-order valence-electron chi connectivity index (χ2n) is 7.18. The van der Waals surface area contributed by atoms with Gasteiger partial charge in [0.05, 0.1) is 7.11 Å². The monoisotopic (exact) mass is 395 g/mol. The molecule has 1 aliphatic rings. The van der Waals surface area contributed by atoms with Gasteiger partial charge in [-0.2, -0.15) is 0 Å². The number of rotatable bonds is 8. The Morgan fingerprint density at radius 1 is 1.14 bits per heavy atom. The molecule has 0 fully saturated rings. The van der Waals surface area contributed by atoms with Crippen molar-refractivity contribution in [3.63, 3.8) is 0 Å². The maximum Gasteiger partial charge on any atom is 0.255 e. The summed E-state index contributed by atoms with van der Waals surface area (Å²) in [5, 5.41) is 2.70. The maximum absolute atomic E-state index is 14.5. The highest BCUT2D eigenvalue weighted by atomic mass is 19.1. The van der Waals surface area contributed by atoms with Gasteiger partial charge < -0.3 is 14.8 Å². The van der Waals surface area contributed by atoms with E-state index in [0.29, 0.717) is 23.6 Å². The Kier molecular flexibility index (Phi) is 7.13. The molecule has 0 heterocycles. The van der Waals surface area contributed by atoms with Gasteiger partial charge in [-0.25, -0.2) is 4.39 Å². The number of amides is 1. The largest absolute Gasteiger partial charge is 0.493 e. The number of methoxy groups -OCH3 is 1. The van der Waals surface area contributed by atoms with Crippen molar-refractivity contribution >= 4 is 5.91 Å². The smallest absolute Gasteiger partial charge is 0.255 e. The topological polar surface area (TPSA) is 47.6 Å². The lowest BCUT2D eigenvalue weighted by Gasteiger charge is -2.17. The number of terminal acetylenes is 1. The number of hydrogen-bond donors (Lipinski definition) is 1. The van der Waals surface area contributed by atoms with E-state index in [2.05, 4.69) is 23.4 Å². The fraction of sp³-hybridized carbons (Fsp3) is 0.375. The Morgan fingerprint density at radius 3 is 2.66 bits per heavy atom. The zero-order chi connectivity index (χ0) is 20.6. The lowest BCUT2D eigenvalue weighted by Crippen LogP contribution is -2.32. The summed E-state index contributed by atoms with van der Waals surface area (Å²) in [5.41, 5.74) is 4.38. The van der Waals surface area contributed by atoms with Gasteiger partial charge in [0.25, 0.3) is 5.91 Å². The van der Waals surface area contributed by atoms with Crippen LogP contribution in [0.1, 0.15) is 35.1 Å². The zero-order valence-electron chi connectivity index (χ0n) is 16.7. The quantitative estimate of drug-likeness (QED) is 0.692. The molecule has 1 unspecified atom stereocenters. The molecule has 0 bridgehead atoms. The molecule has 4 nitrogen and oxygen atoms in total. The minimum atomic E-state index is -1.64. The van der Waals surface area contributed by atoms with Crippen molar-refractivity contribution in [1.82, 2.24) is 5.32 Å². The van der Waals surface area contributed by atoms with Gasteiger partial charge in [-0.1, -0.05) is 30.2 Å². The van der Waals surface area contributed by atoms with Crippen molar-refractivity contribution in [2.24, 2.45) is 0 Å². The lowest BCUT2D eigenvalue weighted by atomic mass is 9.90. The predicted octanol–water partition coefficient (Wildman–Crippen LogP) is 3.78. The minimum absolute atomic E-state index is 0.0399. The van der Waals surface area contributed by atoms with E-state index in [1.54, 1.807) is 18.2 Å². The Morgan fingerprint density at radius 2 is 1.90 bits per heavy atom. The number of hydrogen-bond acceptors (Lipinski definition) is 3. The summed E-state index contributed by atoms with van der Waals surface area (Å²) in [6, 6.07) is 11.3. The van der Waals surface area contributed by atoms with Crippen LogP contribution in [0.3, 0.4) is 0 Å². The first-order chi connectivity index (χ1) is 14.1. The number of carbonyl (C=O) groups is 1. The third-order valence-corrected chi connectivity index (χ3v) is 5.12. The molecule has 1 aliphatic carbocycles. The fourth-order valence-electron chi connectivity index (χ4n) is 3.57. The highest BCUT2D eigenvalue weighted by molar-refractivity contribution is 5.81. The molecule has 2 aromatic rings. The molecule has 3 rings (SSSR count). The van der Waals surface area contributed by atoms with Crippen LogP contribution in [-0.2, 0) is 30.6 Å². The number of carbonyl (C=O) groups excluding carboxylic acids is 1. The minimum Gasteiger partial charge on any atom is -0.493 e. The summed E-state index contributed by atoms with van der Waals surface area (Å²) in [6.45, 7) is 0.446. The highest BCUT2D eigenvalue weighted by Crippen LogP contribution is 2.28. The van der Waals surface area contributed by atoms with Gasteiger partial charge in [-0.3, -0.25) is 4.79 Å². The molecule has 29 heavy (non-hydrogen) atoms. The SMILES string of the molecule is C#CCOc1ccc(CC(F)C(=O)NCc2ccc3c(c2)CCCC3)cc1OC. The molecular weight excluding hydrogens is 369 g/mol. The van der Waals surface area contributed by atoms with E-state index in [9.17, 15) is 9.18 Å². The molecule has 0 saturated heterocycles. The summed E-state index contributed by atoms with van der Waals surface area (Å²) in [4.78, 5) is 12.2. The van der Waals surface area contributed by atoms with E-state index in [0.717, 1.165) is 18.4 Å². The van der Waals surface area contributed by atoms with Crippen molar-refractivity contribution in [3.8, 4) is 23.8 Å². The highest BCUT2D eigenvalue weighted by Gasteiger charge is 2.19. The molecular formula is C24H26FNO3. The number of ether oxygens (including phenoxy) is 2. The second-order valence-corrected chi connectivity index (χ2v) is 7.18. The van der Waals surface area contributed by atoms with E-state index < -0.39 is 12.1 Å². The van der Waals surface area contributed by atoms with Gasteiger partial charge >= 0.3 is 0 Å². The van der Waals surface area contributed by atoms with E-state index >= 15 is 0 Å². The van der Waals surface area contributed by atoms with Crippen LogP contribution < -0.4 is 14.8 Å².